The van der Waals surface area contributed by atoms with Crippen molar-refractivity contribution < 1.29 is 4.79 Å². The van der Waals surface area contributed by atoms with E-state index in [2.05, 4.69) is 10.2 Å². The number of nitrogens with zero attached hydrogens (tertiary/aromatic N) is 1. The topological polar surface area (TPSA) is 32.3 Å². The maximum Gasteiger partial charge on any atom is 0.254 e. The first kappa shape index (κ1) is 13.6. The van der Waals surface area contributed by atoms with E-state index >= 15 is 0 Å². The van der Waals surface area contributed by atoms with Crippen LogP contribution in [0, 0.1) is 19.3 Å². The number of hydrogen-bond donors (Lipinski definition) is 1. The molecule has 0 aliphatic carbocycles. The van der Waals surface area contributed by atoms with Crippen LogP contribution >= 0.6 is 0 Å². The van der Waals surface area contributed by atoms with E-state index in [-0.39, 0.29) is 5.91 Å². The molecule has 2 heterocycles. The minimum absolute atomic E-state index is 0.232. The quantitative estimate of drug-likeness (QED) is 0.852. The molecular weight excluding hydrogens is 248 g/mol. The molecular formula is C17H24N2O. The summed E-state index contributed by atoms with van der Waals surface area (Å²) in [6.45, 7) is 8.15. The molecule has 2 aliphatic heterocycles. The largest absolute Gasteiger partial charge is 0.338 e. The molecule has 3 nitrogen and oxygen atoms in total. The molecule has 2 saturated heterocycles. The molecule has 0 aromatic heterocycles. The number of benzene rings is 1. The van der Waals surface area contributed by atoms with Crippen molar-refractivity contribution in [3.05, 3.63) is 34.9 Å². The van der Waals surface area contributed by atoms with Gasteiger partial charge in [-0.15, -0.1) is 0 Å². The third-order valence-corrected chi connectivity index (χ3v) is 5.08. The Kier molecular flexibility index (Phi) is 3.55. The summed E-state index contributed by atoms with van der Waals surface area (Å²) < 4.78 is 0. The number of likely N-dealkylation sites (tertiary alicyclic amines) is 1. The molecule has 0 saturated carbocycles. The predicted octanol–water partition coefficient (Wildman–Crippen LogP) is 2.52. The number of nitrogens with one attached hydrogen (secondary N) is 1. The molecule has 20 heavy (non-hydrogen) atoms. The van der Waals surface area contributed by atoms with Gasteiger partial charge in [-0.25, -0.2) is 0 Å². The van der Waals surface area contributed by atoms with Crippen molar-refractivity contribution in [2.45, 2.75) is 33.1 Å². The summed E-state index contributed by atoms with van der Waals surface area (Å²) in [6, 6.07) is 6.10. The molecule has 1 aromatic rings. The Morgan fingerprint density at radius 2 is 1.80 bits per heavy atom. The van der Waals surface area contributed by atoms with Gasteiger partial charge < -0.3 is 10.2 Å². The summed E-state index contributed by atoms with van der Waals surface area (Å²) in [4.78, 5) is 14.9. The van der Waals surface area contributed by atoms with Crippen LogP contribution in [0.15, 0.2) is 18.2 Å². The third-order valence-electron chi connectivity index (χ3n) is 5.08. The summed E-state index contributed by atoms with van der Waals surface area (Å²) in [5, 5.41) is 3.43. The van der Waals surface area contributed by atoms with Crippen LogP contribution in [0.2, 0.25) is 0 Å². The first-order valence-electron chi connectivity index (χ1n) is 7.68. The van der Waals surface area contributed by atoms with Crippen molar-refractivity contribution in [2.75, 3.05) is 26.2 Å². The number of aryl methyl sites for hydroxylation is 2. The van der Waals surface area contributed by atoms with Gasteiger partial charge in [-0.05, 0) is 62.7 Å². The monoisotopic (exact) mass is 272 g/mol. The summed E-state index contributed by atoms with van der Waals surface area (Å²) in [6.07, 6.45) is 3.60. The van der Waals surface area contributed by atoms with Gasteiger partial charge in [0.05, 0.1) is 0 Å². The lowest BCUT2D eigenvalue weighted by atomic mass is 9.78. The van der Waals surface area contributed by atoms with E-state index < -0.39 is 0 Å². The molecule has 1 N–H and O–H groups in total. The van der Waals surface area contributed by atoms with Crippen LogP contribution < -0.4 is 5.32 Å². The number of amides is 1. The summed E-state index contributed by atoms with van der Waals surface area (Å²) >= 11 is 0. The standard InChI is InChI=1S/C17H24N2O/c1-13-4-3-5-14(2)15(13)16(20)19-11-8-17(12-19)6-9-18-10-7-17/h3-5,18H,6-12H2,1-2H3. The molecule has 1 spiro atoms. The lowest BCUT2D eigenvalue weighted by Gasteiger charge is -2.33. The Balaban J connectivity index is 1.79. The van der Waals surface area contributed by atoms with Gasteiger partial charge in [0.2, 0.25) is 0 Å². The zero-order valence-corrected chi connectivity index (χ0v) is 12.5. The molecule has 0 unspecified atom stereocenters. The average Bonchev–Trinajstić information content (AvgIpc) is 2.83. The smallest absolute Gasteiger partial charge is 0.254 e. The van der Waals surface area contributed by atoms with E-state index in [1.165, 1.54) is 19.3 Å². The minimum atomic E-state index is 0.232. The Morgan fingerprint density at radius 3 is 2.45 bits per heavy atom. The van der Waals surface area contributed by atoms with Crippen molar-refractivity contribution in [3.63, 3.8) is 0 Å². The van der Waals surface area contributed by atoms with Crippen molar-refractivity contribution in [1.82, 2.24) is 10.2 Å². The summed E-state index contributed by atoms with van der Waals surface area (Å²) in [5.41, 5.74) is 3.50. The highest BCUT2D eigenvalue weighted by Crippen LogP contribution is 2.39. The van der Waals surface area contributed by atoms with Gasteiger partial charge in [-0.2, -0.15) is 0 Å². The second-order valence-electron chi connectivity index (χ2n) is 6.49. The fourth-order valence-corrected chi connectivity index (χ4v) is 3.78. The van der Waals surface area contributed by atoms with Crippen molar-refractivity contribution in [2.24, 2.45) is 5.41 Å². The zero-order valence-electron chi connectivity index (χ0n) is 12.5. The zero-order chi connectivity index (χ0) is 14.2. The molecule has 2 fully saturated rings. The molecule has 2 aliphatic rings. The fraction of sp³-hybridized carbons (Fsp3) is 0.588. The summed E-state index contributed by atoms with van der Waals surface area (Å²) in [7, 11) is 0. The predicted molar refractivity (Wildman–Crippen MR) is 81.0 cm³/mol. The molecule has 3 heteroatoms. The average molecular weight is 272 g/mol. The van der Waals surface area contributed by atoms with Crippen LogP contribution in [-0.2, 0) is 0 Å². The number of carbonyl (C=O) groups excluding carboxylic acids is 1. The van der Waals surface area contributed by atoms with Crippen molar-refractivity contribution >= 4 is 5.91 Å². The molecule has 0 bridgehead atoms. The second kappa shape index (κ2) is 5.21. The molecule has 0 atom stereocenters. The third kappa shape index (κ3) is 2.35. The number of hydrogen-bond acceptors (Lipinski definition) is 2. The lowest BCUT2D eigenvalue weighted by Crippen LogP contribution is -2.40. The van der Waals surface area contributed by atoms with E-state index in [4.69, 9.17) is 0 Å². The maximum atomic E-state index is 12.8. The molecule has 1 aromatic carbocycles. The highest BCUT2D eigenvalue weighted by molar-refractivity contribution is 5.97. The van der Waals surface area contributed by atoms with Gasteiger partial charge in [0.1, 0.15) is 0 Å². The van der Waals surface area contributed by atoms with Crippen LogP contribution in [0.25, 0.3) is 0 Å². The van der Waals surface area contributed by atoms with Crippen molar-refractivity contribution in [1.29, 1.82) is 0 Å². The van der Waals surface area contributed by atoms with Crippen molar-refractivity contribution in [3.8, 4) is 0 Å². The lowest BCUT2D eigenvalue weighted by molar-refractivity contribution is 0.0760. The first-order chi connectivity index (χ1) is 9.61. The molecule has 108 valence electrons. The van der Waals surface area contributed by atoms with E-state index in [1.54, 1.807) is 0 Å². The van der Waals surface area contributed by atoms with Gasteiger partial charge >= 0.3 is 0 Å². The van der Waals surface area contributed by atoms with Crippen LogP contribution in [0.1, 0.15) is 40.7 Å². The Morgan fingerprint density at radius 1 is 1.15 bits per heavy atom. The molecule has 0 radical (unpaired) electrons. The van der Waals surface area contributed by atoms with Crippen LogP contribution in [0.5, 0.6) is 0 Å². The Labute approximate surface area is 121 Å². The van der Waals surface area contributed by atoms with Gasteiger partial charge in [0.25, 0.3) is 5.91 Å². The highest BCUT2D eigenvalue weighted by Gasteiger charge is 2.40. The van der Waals surface area contributed by atoms with Crippen LogP contribution in [-0.4, -0.2) is 37.0 Å². The molecule has 1 amide bonds. The summed E-state index contributed by atoms with van der Waals surface area (Å²) in [5.74, 6) is 0.232. The normalized spacial score (nSPS) is 21.4. The van der Waals surface area contributed by atoms with Crippen LogP contribution in [0.4, 0.5) is 0 Å². The molecule has 3 rings (SSSR count). The maximum absolute atomic E-state index is 12.8. The van der Waals surface area contributed by atoms with Gasteiger partial charge in [-0.1, -0.05) is 18.2 Å². The SMILES string of the molecule is Cc1cccc(C)c1C(=O)N1CCC2(CCNCC2)C1. The Hall–Kier alpha value is -1.35. The number of rotatable bonds is 1. The van der Waals surface area contributed by atoms with Gasteiger partial charge in [-0.3, -0.25) is 4.79 Å². The number of piperidine rings is 1. The van der Waals surface area contributed by atoms with Gasteiger partial charge in [0, 0.05) is 18.7 Å². The second-order valence-corrected chi connectivity index (χ2v) is 6.49. The van der Waals surface area contributed by atoms with E-state index in [0.29, 0.717) is 5.41 Å². The highest BCUT2D eigenvalue weighted by atomic mass is 16.2. The van der Waals surface area contributed by atoms with Gasteiger partial charge in [0.15, 0.2) is 0 Å². The Bertz CT molecular complexity index is 497. The van der Waals surface area contributed by atoms with Crippen LogP contribution in [0.3, 0.4) is 0 Å². The minimum Gasteiger partial charge on any atom is -0.338 e. The fourth-order valence-electron chi connectivity index (χ4n) is 3.78. The first-order valence-corrected chi connectivity index (χ1v) is 7.68. The van der Waals surface area contributed by atoms with E-state index in [0.717, 1.165) is 42.9 Å². The van der Waals surface area contributed by atoms with E-state index in [9.17, 15) is 4.79 Å². The number of carbonyl (C=O) groups is 1. The van der Waals surface area contributed by atoms with E-state index in [1.807, 2.05) is 32.0 Å².